The van der Waals surface area contributed by atoms with Crippen LogP contribution in [0.5, 0.6) is 0 Å². The maximum absolute atomic E-state index is 13.4. The number of carbonyl (C=O) groups excluding carboxylic acids is 3. The number of thiazole rings is 1. The third kappa shape index (κ3) is 8.07. The monoisotopic (exact) mass is 593 g/mol. The molecular weight excluding hydrogens is 557 g/mol. The van der Waals surface area contributed by atoms with Crippen molar-refractivity contribution in [2.45, 2.75) is 44.6 Å². The molecule has 1 saturated heterocycles. The maximum atomic E-state index is 13.4. The van der Waals surface area contributed by atoms with E-state index in [1.54, 1.807) is 41.1 Å². The maximum Gasteiger partial charge on any atom is 0.253 e. The first-order valence-electron chi connectivity index (χ1n) is 13.5. The molecule has 1 fully saturated rings. The van der Waals surface area contributed by atoms with E-state index in [-0.39, 0.29) is 11.8 Å². The fourth-order valence-electron chi connectivity index (χ4n) is 4.83. The highest BCUT2D eigenvalue weighted by Gasteiger charge is 2.38. The van der Waals surface area contributed by atoms with Gasteiger partial charge in [-0.3, -0.25) is 14.4 Å². The molecule has 3 aromatic rings. The van der Waals surface area contributed by atoms with E-state index in [0.717, 1.165) is 24.5 Å². The van der Waals surface area contributed by atoms with Gasteiger partial charge in [0.15, 0.2) is 0 Å². The Balaban J connectivity index is 1.44. The van der Waals surface area contributed by atoms with Crippen LogP contribution in [-0.2, 0) is 17.9 Å². The molecule has 3 N–H and O–H groups in total. The van der Waals surface area contributed by atoms with E-state index >= 15 is 0 Å². The number of amides is 3. The Morgan fingerprint density at radius 3 is 2.71 bits per heavy atom. The number of benzene rings is 2. The largest absolute Gasteiger partial charge is 0.389 e. The molecule has 216 valence electrons. The van der Waals surface area contributed by atoms with Crippen molar-refractivity contribution in [2.75, 3.05) is 26.3 Å². The van der Waals surface area contributed by atoms with Gasteiger partial charge in [-0.05, 0) is 43.3 Å². The molecule has 3 atom stereocenters. The van der Waals surface area contributed by atoms with Crippen molar-refractivity contribution in [3.05, 3.63) is 87.4 Å². The molecule has 9 nitrogen and oxygen atoms in total. The molecular formula is C30H36N5O4PS. The van der Waals surface area contributed by atoms with Crippen molar-refractivity contribution < 1.29 is 19.5 Å². The summed E-state index contributed by atoms with van der Waals surface area (Å²) in [5.41, 5.74) is 2.50. The van der Waals surface area contributed by atoms with E-state index in [9.17, 15) is 19.5 Å². The molecule has 0 spiro atoms. The van der Waals surface area contributed by atoms with Crippen LogP contribution in [-0.4, -0.2) is 88.4 Å². The summed E-state index contributed by atoms with van der Waals surface area (Å²) < 4.78 is 0. The van der Waals surface area contributed by atoms with Gasteiger partial charge in [0.25, 0.3) is 11.8 Å². The molecule has 3 unspecified atom stereocenters. The number of hydrogen-bond donors (Lipinski definition) is 3. The molecule has 3 amide bonds. The number of nitrogens with one attached hydrogen (secondary N) is 2. The first-order valence-corrected chi connectivity index (χ1v) is 15.7. The quantitative estimate of drug-likeness (QED) is 0.278. The van der Waals surface area contributed by atoms with Crippen molar-refractivity contribution in [2.24, 2.45) is 0 Å². The number of hydrogen-bond acceptors (Lipinski definition) is 7. The minimum atomic E-state index is -1.15. The standard InChI is InChI=1S/C30H36N5O4PS/c1-20-32-24(19-41-20)18-34(2)29(38)23-11-7-10-22(16-23)28(37)33-25(12-15-40-3)27(36)26-30(39)35(14-13-31-26)17-21-8-5-4-6-9-21/h4-11,16,19,25-27,31,36H,3,12-15,17-18H2,1-2H3,(H,33,37). The number of carbonyl (C=O) groups is 3. The van der Waals surface area contributed by atoms with Gasteiger partial charge in [-0.25, -0.2) is 4.98 Å². The molecule has 1 aliphatic rings. The van der Waals surface area contributed by atoms with E-state index in [1.807, 2.05) is 42.6 Å². The van der Waals surface area contributed by atoms with E-state index in [1.165, 1.54) is 11.3 Å². The highest BCUT2D eigenvalue weighted by molar-refractivity contribution is 7.36. The normalized spacial score (nSPS) is 16.8. The molecule has 2 aromatic carbocycles. The molecule has 0 radical (unpaired) electrons. The first kappa shape index (κ1) is 30.5. The minimum Gasteiger partial charge on any atom is -0.389 e. The molecule has 0 aliphatic carbocycles. The molecule has 1 aromatic heterocycles. The summed E-state index contributed by atoms with van der Waals surface area (Å²) in [6.07, 6.45) is 3.79. The summed E-state index contributed by atoms with van der Waals surface area (Å²) in [7, 11) is 2.56. The molecule has 41 heavy (non-hydrogen) atoms. The van der Waals surface area contributed by atoms with E-state index in [0.29, 0.717) is 49.9 Å². The summed E-state index contributed by atoms with van der Waals surface area (Å²) in [6.45, 7) is 3.80. The van der Waals surface area contributed by atoms with Gasteiger partial charge in [-0.2, -0.15) is 0 Å². The molecule has 1 aliphatic heterocycles. The van der Waals surface area contributed by atoms with Gasteiger partial charge in [0.05, 0.1) is 29.4 Å². The zero-order valence-corrected chi connectivity index (χ0v) is 25.0. The Morgan fingerprint density at radius 2 is 2.00 bits per heavy atom. The van der Waals surface area contributed by atoms with Crippen LogP contribution >= 0.6 is 19.5 Å². The topological polar surface area (TPSA) is 115 Å². The summed E-state index contributed by atoms with van der Waals surface area (Å²) in [5.74, 6) is -0.857. The molecule has 2 heterocycles. The molecule has 11 heteroatoms. The van der Waals surface area contributed by atoms with E-state index in [2.05, 4.69) is 21.9 Å². The van der Waals surface area contributed by atoms with E-state index in [4.69, 9.17) is 0 Å². The zero-order chi connectivity index (χ0) is 29.4. The smallest absolute Gasteiger partial charge is 0.253 e. The Bertz CT molecular complexity index is 1370. The highest BCUT2D eigenvalue weighted by atomic mass is 32.1. The Kier molecular flexibility index (Phi) is 10.8. The van der Waals surface area contributed by atoms with Gasteiger partial charge in [0, 0.05) is 43.2 Å². The van der Waals surface area contributed by atoms with Crippen LogP contribution in [0.3, 0.4) is 0 Å². The Hall–Kier alpha value is -3.43. The van der Waals surface area contributed by atoms with Crippen LogP contribution in [0.2, 0.25) is 0 Å². The van der Waals surface area contributed by atoms with Gasteiger partial charge in [-0.1, -0.05) is 42.7 Å². The van der Waals surface area contributed by atoms with Crippen molar-refractivity contribution in [1.82, 2.24) is 25.4 Å². The lowest BCUT2D eigenvalue weighted by Gasteiger charge is -2.38. The van der Waals surface area contributed by atoms with Crippen LogP contribution < -0.4 is 10.6 Å². The first-order chi connectivity index (χ1) is 19.8. The average molecular weight is 594 g/mol. The lowest BCUT2D eigenvalue weighted by atomic mass is 9.97. The Labute approximate surface area is 246 Å². The molecule has 4 rings (SSSR count). The number of aliphatic hydroxyl groups excluding tert-OH is 1. The van der Waals surface area contributed by atoms with Crippen LogP contribution in [0, 0.1) is 6.92 Å². The van der Waals surface area contributed by atoms with Crippen molar-refractivity contribution in [3.63, 3.8) is 0 Å². The number of nitrogens with zero attached hydrogens (tertiary/aromatic N) is 3. The second-order valence-corrected chi connectivity index (χ2v) is 12.0. The lowest BCUT2D eigenvalue weighted by molar-refractivity contribution is -0.140. The third-order valence-corrected chi connectivity index (χ3v) is 8.39. The minimum absolute atomic E-state index is 0.204. The van der Waals surface area contributed by atoms with Crippen LogP contribution in [0.15, 0.2) is 60.0 Å². The summed E-state index contributed by atoms with van der Waals surface area (Å²) in [4.78, 5) is 47.5. The van der Waals surface area contributed by atoms with E-state index < -0.39 is 24.1 Å². The van der Waals surface area contributed by atoms with Gasteiger partial charge < -0.3 is 25.5 Å². The summed E-state index contributed by atoms with van der Waals surface area (Å²) in [5, 5.41) is 20.3. The van der Waals surface area contributed by atoms with Crippen molar-refractivity contribution in [3.8, 4) is 0 Å². The van der Waals surface area contributed by atoms with Crippen LogP contribution in [0.25, 0.3) is 0 Å². The third-order valence-electron chi connectivity index (χ3n) is 6.99. The predicted molar refractivity (Wildman–Crippen MR) is 164 cm³/mol. The second kappa shape index (κ2) is 14.5. The Morgan fingerprint density at radius 1 is 1.24 bits per heavy atom. The fraction of sp³-hybridized carbons (Fsp3) is 0.367. The van der Waals surface area contributed by atoms with Crippen LogP contribution in [0.1, 0.15) is 43.4 Å². The SMILES string of the molecule is C=PCCC(NC(=O)c1cccc(C(=O)N(C)Cc2csc(C)n2)c1)C(O)C1NCCN(Cc2ccccc2)C1=O. The highest BCUT2D eigenvalue weighted by Crippen LogP contribution is 2.17. The zero-order valence-electron chi connectivity index (χ0n) is 23.3. The van der Waals surface area contributed by atoms with Crippen molar-refractivity contribution in [1.29, 1.82) is 0 Å². The second-order valence-electron chi connectivity index (χ2n) is 10.1. The predicted octanol–water partition coefficient (Wildman–Crippen LogP) is 2.95. The number of rotatable bonds is 12. The lowest BCUT2D eigenvalue weighted by Crippen LogP contribution is -2.63. The number of aryl methyl sites for hydroxylation is 1. The fourth-order valence-corrected chi connectivity index (χ4v) is 5.89. The molecule has 0 saturated carbocycles. The van der Waals surface area contributed by atoms with Gasteiger partial charge in [0.1, 0.15) is 6.04 Å². The summed E-state index contributed by atoms with van der Waals surface area (Å²) in [6, 6.07) is 14.7. The summed E-state index contributed by atoms with van der Waals surface area (Å²) >= 11 is 1.53. The van der Waals surface area contributed by atoms with Crippen LogP contribution in [0.4, 0.5) is 0 Å². The van der Waals surface area contributed by atoms with Gasteiger partial charge in [0.2, 0.25) is 5.91 Å². The average Bonchev–Trinajstić information content (AvgIpc) is 3.40. The number of piperazine rings is 1. The van der Waals surface area contributed by atoms with Crippen molar-refractivity contribution >= 4 is 43.6 Å². The van der Waals surface area contributed by atoms with Gasteiger partial charge in [-0.15, -0.1) is 19.5 Å². The van der Waals surface area contributed by atoms with Gasteiger partial charge >= 0.3 is 0 Å². The number of aliphatic hydroxyl groups is 1. The molecule has 0 bridgehead atoms. The number of aromatic nitrogens is 1.